The number of H-pyrrole nitrogens is 1. The van der Waals surface area contributed by atoms with Crippen LogP contribution in [-0.2, 0) is 0 Å². The normalized spacial score (nSPS) is 23.4. The summed E-state index contributed by atoms with van der Waals surface area (Å²) in [5.41, 5.74) is 2.77. The van der Waals surface area contributed by atoms with Crippen molar-refractivity contribution in [3.63, 3.8) is 0 Å². The number of hydrogen-bond acceptors (Lipinski definition) is 5. The number of ketones is 1. The third-order valence-corrected chi connectivity index (χ3v) is 7.35. The standard InChI is InChI=1S/C27H24ClN3O3/c28-22-10-19(34-18-4-2-1-3-5-18)6-7-20(22)25(33)21-15-30-26-24(21)23(8-9-29-26)31-16-11-27(12-16)13-17(32)14-27/h1-10,15-17,32H,11-14H2,(H2,29,30,31). The predicted octanol–water partition coefficient (Wildman–Crippen LogP) is 5.96. The molecule has 2 aromatic heterocycles. The van der Waals surface area contributed by atoms with Gasteiger partial charge in [0, 0.05) is 35.8 Å². The molecular weight excluding hydrogens is 450 g/mol. The third-order valence-electron chi connectivity index (χ3n) is 7.04. The summed E-state index contributed by atoms with van der Waals surface area (Å²) < 4.78 is 5.84. The van der Waals surface area contributed by atoms with E-state index in [2.05, 4.69) is 15.3 Å². The van der Waals surface area contributed by atoms with Gasteiger partial charge < -0.3 is 20.1 Å². The molecule has 2 heterocycles. The molecule has 172 valence electrons. The number of halogens is 1. The Balaban J connectivity index is 1.25. The predicted molar refractivity (Wildman–Crippen MR) is 132 cm³/mol. The molecule has 6 rings (SSSR count). The highest BCUT2D eigenvalue weighted by atomic mass is 35.5. The van der Waals surface area contributed by atoms with E-state index in [1.54, 1.807) is 30.6 Å². The lowest BCUT2D eigenvalue weighted by atomic mass is 9.53. The fourth-order valence-corrected chi connectivity index (χ4v) is 5.71. The molecule has 2 aromatic carbocycles. The summed E-state index contributed by atoms with van der Waals surface area (Å²) in [5.74, 6) is 1.09. The number of aromatic amines is 1. The molecule has 2 fully saturated rings. The zero-order valence-electron chi connectivity index (χ0n) is 18.4. The van der Waals surface area contributed by atoms with Crippen LogP contribution in [-0.4, -0.2) is 33.0 Å². The average molecular weight is 474 g/mol. The maximum absolute atomic E-state index is 13.5. The van der Waals surface area contributed by atoms with Crippen molar-refractivity contribution < 1.29 is 14.6 Å². The maximum Gasteiger partial charge on any atom is 0.196 e. The molecular formula is C27H24ClN3O3. The molecule has 0 radical (unpaired) electrons. The second-order valence-corrected chi connectivity index (χ2v) is 9.89. The summed E-state index contributed by atoms with van der Waals surface area (Å²) >= 11 is 6.52. The number of carbonyl (C=O) groups excluding carboxylic acids is 1. The van der Waals surface area contributed by atoms with E-state index in [1.165, 1.54) is 0 Å². The number of anilines is 1. The van der Waals surface area contributed by atoms with Crippen LogP contribution in [0.4, 0.5) is 5.69 Å². The Morgan fingerprint density at radius 2 is 1.85 bits per heavy atom. The van der Waals surface area contributed by atoms with Crippen LogP contribution in [0.5, 0.6) is 11.5 Å². The van der Waals surface area contributed by atoms with Gasteiger partial charge in [0.25, 0.3) is 0 Å². The molecule has 1 spiro atoms. The first-order valence-corrected chi connectivity index (χ1v) is 11.9. The van der Waals surface area contributed by atoms with E-state index in [4.69, 9.17) is 16.3 Å². The largest absolute Gasteiger partial charge is 0.457 e. The number of aliphatic hydroxyl groups is 1. The number of para-hydroxylation sites is 1. The Labute approximate surface area is 201 Å². The summed E-state index contributed by atoms with van der Waals surface area (Å²) in [7, 11) is 0. The zero-order chi connectivity index (χ0) is 23.3. The fourth-order valence-electron chi connectivity index (χ4n) is 5.45. The smallest absolute Gasteiger partial charge is 0.196 e. The zero-order valence-corrected chi connectivity index (χ0v) is 19.2. The second kappa shape index (κ2) is 8.15. The van der Waals surface area contributed by atoms with Crippen molar-refractivity contribution in [2.45, 2.75) is 37.8 Å². The monoisotopic (exact) mass is 473 g/mol. The molecule has 4 aromatic rings. The van der Waals surface area contributed by atoms with Gasteiger partial charge in [-0.1, -0.05) is 29.8 Å². The third kappa shape index (κ3) is 3.73. The van der Waals surface area contributed by atoms with Gasteiger partial charge in [0.2, 0.25) is 0 Å². The number of fused-ring (bicyclic) bond motifs is 1. The van der Waals surface area contributed by atoms with Gasteiger partial charge in [-0.2, -0.15) is 0 Å². The summed E-state index contributed by atoms with van der Waals surface area (Å²) in [5, 5.41) is 14.4. The highest BCUT2D eigenvalue weighted by Gasteiger charge is 2.52. The molecule has 0 saturated heterocycles. The molecule has 0 unspecified atom stereocenters. The minimum Gasteiger partial charge on any atom is -0.457 e. The Hall–Kier alpha value is -3.35. The maximum atomic E-state index is 13.5. The average Bonchev–Trinajstić information content (AvgIpc) is 3.22. The Kier molecular flexibility index (Phi) is 5.08. The minimum absolute atomic E-state index is 0.142. The van der Waals surface area contributed by atoms with Crippen LogP contribution in [0.25, 0.3) is 11.0 Å². The number of hydrogen-bond donors (Lipinski definition) is 3. The number of ether oxygens (including phenoxy) is 1. The van der Waals surface area contributed by atoms with Crippen LogP contribution in [0.3, 0.4) is 0 Å². The molecule has 0 amide bonds. The van der Waals surface area contributed by atoms with Crippen LogP contribution in [0.2, 0.25) is 5.02 Å². The van der Waals surface area contributed by atoms with Crippen LogP contribution in [0.15, 0.2) is 67.0 Å². The van der Waals surface area contributed by atoms with Crippen LogP contribution < -0.4 is 10.1 Å². The van der Waals surface area contributed by atoms with E-state index >= 15 is 0 Å². The van der Waals surface area contributed by atoms with Gasteiger partial charge in [0.15, 0.2) is 5.78 Å². The fraction of sp³-hybridized carbons (Fsp3) is 0.259. The molecule has 2 aliphatic carbocycles. The molecule has 3 N–H and O–H groups in total. The molecule has 6 nitrogen and oxygen atoms in total. The SMILES string of the molecule is O=C(c1ccc(Oc2ccccc2)cc1Cl)c1c[nH]c2nccc(NC3CC4(CC(O)C4)C3)c12. The van der Waals surface area contributed by atoms with E-state index in [1.807, 2.05) is 36.4 Å². The summed E-state index contributed by atoms with van der Waals surface area (Å²) in [6, 6.07) is 16.8. The van der Waals surface area contributed by atoms with Crippen LogP contribution >= 0.6 is 11.6 Å². The van der Waals surface area contributed by atoms with E-state index in [0.717, 1.165) is 36.8 Å². The Bertz CT molecular complexity index is 1370. The van der Waals surface area contributed by atoms with E-state index in [0.29, 0.717) is 44.8 Å². The van der Waals surface area contributed by atoms with Crippen molar-refractivity contribution >= 4 is 34.1 Å². The molecule has 0 aliphatic heterocycles. The topological polar surface area (TPSA) is 87.2 Å². The number of pyridine rings is 1. The highest BCUT2D eigenvalue weighted by Crippen LogP contribution is 2.56. The van der Waals surface area contributed by atoms with Crippen LogP contribution in [0, 0.1) is 5.41 Å². The van der Waals surface area contributed by atoms with Gasteiger partial charge in [0.05, 0.1) is 22.1 Å². The number of aromatic nitrogens is 2. The number of carbonyl (C=O) groups is 1. The number of benzene rings is 2. The first kappa shape index (κ1) is 21.2. The molecule has 0 atom stereocenters. The van der Waals surface area contributed by atoms with Gasteiger partial charge in [0.1, 0.15) is 17.1 Å². The quantitative estimate of drug-likeness (QED) is 0.301. The number of aliphatic hydroxyl groups excluding tert-OH is 1. The van der Waals surface area contributed by atoms with Crippen molar-refractivity contribution in [1.29, 1.82) is 0 Å². The van der Waals surface area contributed by atoms with E-state index < -0.39 is 0 Å². The van der Waals surface area contributed by atoms with Crippen molar-refractivity contribution in [2.24, 2.45) is 5.41 Å². The Morgan fingerprint density at radius 1 is 1.06 bits per heavy atom. The van der Waals surface area contributed by atoms with E-state index in [-0.39, 0.29) is 11.9 Å². The summed E-state index contributed by atoms with van der Waals surface area (Å²) in [6.07, 6.45) is 7.16. The van der Waals surface area contributed by atoms with E-state index in [9.17, 15) is 9.90 Å². The lowest BCUT2D eigenvalue weighted by molar-refractivity contribution is -0.0867. The van der Waals surface area contributed by atoms with Gasteiger partial charge in [-0.15, -0.1) is 0 Å². The first-order valence-electron chi connectivity index (χ1n) is 11.5. The minimum atomic E-state index is -0.175. The molecule has 7 heteroatoms. The number of nitrogens with one attached hydrogen (secondary N) is 2. The molecule has 0 bridgehead atoms. The van der Waals surface area contributed by atoms with Gasteiger partial charge >= 0.3 is 0 Å². The number of nitrogens with zero attached hydrogens (tertiary/aromatic N) is 1. The second-order valence-electron chi connectivity index (χ2n) is 9.48. The summed E-state index contributed by atoms with van der Waals surface area (Å²) in [4.78, 5) is 21.0. The first-order chi connectivity index (χ1) is 16.5. The highest BCUT2D eigenvalue weighted by molar-refractivity contribution is 6.35. The number of rotatable bonds is 6. The molecule has 34 heavy (non-hydrogen) atoms. The van der Waals surface area contributed by atoms with Crippen molar-refractivity contribution in [3.8, 4) is 11.5 Å². The lowest BCUT2D eigenvalue weighted by Crippen LogP contribution is -2.54. The van der Waals surface area contributed by atoms with Gasteiger partial charge in [-0.3, -0.25) is 4.79 Å². The summed E-state index contributed by atoms with van der Waals surface area (Å²) in [6.45, 7) is 0. The van der Waals surface area contributed by atoms with Crippen molar-refractivity contribution in [3.05, 3.63) is 83.1 Å². The van der Waals surface area contributed by atoms with Gasteiger partial charge in [-0.25, -0.2) is 4.98 Å². The molecule has 2 saturated carbocycles. The Morgan fingerprint density at radius 3 is 2.59 bits per heavy atom. The molecule has 2 aliphatic rings. The van der Waals surface area contributed by atoms with Crippen molar-refractivity contribution in [1.82, 2.24) is 9.97 Å². The van der Waals surface area contributed by atoms with Gasteiger partial charge in [-0.05, 0) is 61.4 Å². The lowest BCUT2D eigenvalue weighted by Gasteiger charge is -2.56. The van der Waals surface area contributed by atoms with Crippen LogP contribution in [0.1, 0.15) is 41.6 Å². The van der Waals surface area contributed by atoms with Crippen molar-refractivity contribution in [2.75, 3.05) is 5.32 Å².